The molecule has 0 bridgehead atoms. The molecule has 3 heterocycles. The fraction of sp³-hybridized carbons (Fsp3) is 0.500. The molecule has 1 saturated heterocycles. The van der Waals surface area contributed by atoms with Crippen LogP contribution in [0, 0.1) is 12.8 Å². The van der Waals surface area contributed by atoms with E-state index >= 15 is 0 Å². The summed E-state index contributed by atoms with van der Waals surface area (Å²) in [5.41, 5.74) is 3.92. The Hall–Kier alpha value is -2.18. The zero-order valence-electron chi connectivity index (χ0n) is 17.5. The number of thiophene rings is 1. The standard InChI is InChI=1S/C24H29N3O2S/c1-17-4-2-3-5-19(17)23-20-9-15-30-21(20)8-10-27(23)16-22(28)25-11-13-26(14-12-25)24(29)18-6-7-18/h2-5,9,15,18,23H,6-8,10-14,16H2,1H3/t23-/m0/s1. The predicted molar refractivity (Wildman–Crippen MR) is 119 cm³/mol. The molecule has 5 rings (SSSR count). The van der Waals surface area contributed by atoms with Gasteiger partial charge in [-0.25, -0.2) is 0 Å². The van der Waals surface area contributed by atoms with Gasteiger partial charge in [-0.15, -0.1) is 11.3 Å². The number of hydrogen-bond acceptors (Lipinski definition) is 4. The van der Waals surface area contributed by atoms with Gasteiger partial charge in [0, 0.05) is 43.5 Å². The van der Waals surface area contributed by atoms with Crippen molar-refractivity contribution >= 4 is 23.2 Å². The summed E-state index contributed by atoms with van der Waals surface area (Å²) < 4.78 is 0. The van der Waals surface area contributed by atoms with Gasteiger partial charge in [0.15, 0.2) is 0 Å². The maximum absolute atomic E-state index is 13.2. The molecule has 1 saturated carbocycles. The summed E-state index contributed by atoms with van der Waals surface area (Å²) in [4.78, 5) is 33.2. The van der Waals surface area contributed by atoms with Gasteiger partial charge >= 0.3 is 0 Å². The van der Waals surface area contributed by atoms with E-state index in [0.717, 1.165) is 25.8 Å². The van der Waals surface area contributed by atoms with Crippen molar-refractivity contribution in [1.29, 1.82) is 0 Å². The highest BCUT2D eigenvalue weighted by molar-refractivity contribution is 7.10. The number of nitrogens with zero attached hydrogens (tertiary/aromatic N) is 3. The summed E-state index contributed by atoms with van der Waals surface area (Å²) in [5.74, 6) is 0.740. The van der Waals surface area contributed by atoms with Crippen molar-refractivity contribution in [3.63, 3.8) is 0 Å². The minimum Gasteiger partial charge on any atom is -0.339 e. The lowest BCUT2D eigenvalue weighted by Crippen LogP contribution is -2.53. The zero-order chi connectivity index (χ0) is 20.7. The molecule has 0 unspecified atom stereocenters. The van der Waals surface area contributed by atoms with Gasteiger partial charge in [-0.05, 0) is 54.3 Å². The maximum atomic E-state index is 13.2. The van der Waals surface area contributed by atoms with Crippen LogP contribution in [0.5, 0.6) is 0 Å². The van der Waals surface area contributed by atoms with E-state index in [0.29, 0.717) is 38.6 Å². The normalized spacial score (nSPS) is 22.1. The number of piperazine rings is 1. The summed E-state index contributed by atoms with van der Waals surface area (Å²) in [5, 5.41) is 2.18. The molecular formula is C24H29N3O2S. The molecule has 158 valence electrons. The minimum absolute atomic E-state index is 0.142. The van der Waals surface area contributed by atoms with Crippen LogP contribution < -0.4 is 0 Å². The Kier molecular flexibility index (Phi) is 5.37. The van der Waals surface area contributed by atoms with Crippen LogP contribution in [0.25, 0.3) is 0 Å². The quantitative estimate of drug-likeness (QED) is 0.759. The van der Waals surface area contributed by atoms with Crippen LogP contribution >= 0.6 is 11.3 Å². The average Bonchev–Trinajstić information content (AvgIpc) is 3.51. The fourth-order valence-corrected chi connectivity index (χ4v) is 5.74. The highest BCUT2D eigenvalue weighted by atomic mass is 32.1. The van der Waals surface area contributed by atoms with Crippen molar-refractivity contribution in [2.75, 3.05) is 39.3 Å². The molecule has 2 amide bonds. The number of amides is 2. The Morgan fingerprint density at radius 2 is 1.70 bits per heavy atom. The van der Waals surface area contributed by atoms with Crippen molar-refractivity contribution in [2.24, 2.45) is 5.92 Å². The van der Waals surface area contributed by atoms with E-state index in [9.17, 15) is 9.59 Å². The highest BCUT2D eigenvalue weighted by Gasteiger charge is 2.36. The van der Waals surface area contributed by atoms with Crippen molar-refractivity contribution in [1.82, 2.24) is 14.7 Å². The lowest BCUT2D eigenvalue weighted by molar-refractivity contribution is -0.141. The van der Waals surface area contributed by atoms with Gasteiger partial charge in [0.1, 0.15) is 0 Å². The first-order chi connectivity index (χ1) is 14.6. The van der Waals surface area contributed by atoms with E-state index in [1.807, 2.05) is 21.1 Å². The molecule has 2 aromatic rings. The molecule has 2 fully saturated rings. The summed E-state index contributed by atoms with van der Waals surface area (Å²) in [6.45, 7) is 6.16. The monoisotopic (exact) mass is 423 g/mol. The van der Waals surface area contributed by atoms with Gasteiger partial charge in [0.25, 0.3) is 0 Å². The molecular weight excluding hydrogens is 394 g/mol. The van der Waals surface area contributed by atoms with E-state index in [1.54, 1.807) is 0 Å². The molecule has 1 aromatic heterocycles. The second kappa shape index (κ2) is 8.16. The van der Waals surface area contributed by atoms with Gasteiger partial charge < -0.3 is 9.80 Å². The number of carbonyl (C=O) groups is 2. The molecule has 1 aromatic carbocycles. The largest absolute Gasteiger partial charge is 0.339 e. The van der Waals surface area contributed by atoms with Crippen LogP contribution in [0.4, 0.5) is 0 Å². The second-order valence-electron chi connectivity index (χ2n) is 8.76. The number of fused-ring (bicyclic) bond motifs is 1. The van der Waals surface area contributed by atoms with Gasteiger partial charge in [-0.1, -0.05) is 24.3 Å². The van der Waals surface area contributed by atoms with Crippen molar-refractivity contribution < 1.29 is 9.59 Å². The van der Waals surface area contributed by atoms with E-state index in [2.05, 4.69) is 47.5 Å². The van der Waals surface area contributed by atoms with Crippen LogP contribution in [0.15, 0.2) is 35.7 Å². The van der Waals surface area contributed by atoms with E-state index in [4.69, 9.17) is 0 Å². The number of aryl methyl sites for hydroxylation is 1. The lowest BCUT2D eigenvalue weighted by Gasteiger charge is -2.39. The third kappa shape index (κ3) is 3.79. The summed E-state index contributed by atoms with van der Waals surface area (Å²) in [6.07, 6.45) is 3.09. The maximum Gasteiger partial charge on any atom is 0.236 e. The third-order valence-electron chi connectivity index (χ3n) is 6.76. The van der Waals surface area contributed by atoms with E-state index < -0.39 is 0 Å². The van der Waals surface area contributed by atoms with Crippen LogP contribution in [0.3, 0.4) is 0 Å². The molecule has 0 N–H and O–H groups in total. The first-order valence-corrected chi connectivity index (χ1v) is 11.9. The van der Waals surface area contributed by atoms with Crippen LogP contribution in [0.1, 0.15) is 40.5 Å². The van der Waals surface area contributed by atoms with Crippen LogP contribution in [-0.2, 0) is 16.0 Å². The predicted octanol–water partition coefficient (Wildman–Crippen LogP) is 3.08. The van der Waals surface area contributed by atoms with E-state index in [1.165, 1.54) is 21.6 Å². The number of hydrogen-bond donors (Lipinski definition) is 0. The molecule has 1 atom stereocenters. The van der Waals surface area contributed by atoms with Gasteiger partial charge in [-0.3, -0.25) is 14.5 Å². The number of rotatable bonds is 4. The lowest BCUT2D eigenvalue weighted by atomic mass is 9.90. The minimum atomic E-state index is 0.142. The summed E-state index contributed by atoms with van der Waals surface area (Å²) in [7, 11) is 0. The number of benzene rings is 1. The zero-order valence-corrected chi connectivity index (χ0v) is 18.4. The molecule has 30 heavy (non-hydrogen) atoms. The van der Waals surface area contributed by atoms with Gasteiger partial charge in [0.05, 0.1) is 12.6 Å². The molecule has 1 aliphatic carbocycles. The summed E-state index contributed by atoms with van der Waals surface area (Å²) in [6, 6.07) is 10.9. The highest BCUT2D eigenvalue weighted by Crippen LogP contribution is 2.38. The van der Waals surface area contributed by atoms with Crippen molar-refractivity contribution in [3.05, 3.63) is 57.3 Å². The Morgan fingerprint density at radius 1 is 0.967 bits per heavy atom. The van der Waals surface area contributed by atoms with Crippen LogP contribution in [0.2, 0.25) is 0 Å². The molecule has 2 aliphatic heterocycles. The Balaban J connectivity index is 1.29. The number of carbonyl (C=O) groups excluding carboxylic acids is 2. The molecule has 0 spiro atoms. The smallest absolute Gasteiger partial charge is 0.236 e. The first-order valence-electron chi connectivity index (χ1n) is 11.0. The third-order valence-corrected chi connectivity index (χ3v) is 7.75. The Morgan fingerprint density at radius 3 is 2.43 bits per heavy atom. The van der Waals surface area contributed by atoms with Crippen molar-refractivity contribution in [2.45, 2.75) is 32.2 Å². The first kappa shape index (κ1) is 19.8. The molecule has 0 radical (unpaired) electrons. The van der Waals surface area contributed by atoms with Gasteiger partial charge in [0.2, 0.25) is 11.8 Å². The summed E-state index contributed by atoms with van der Waals surface area (Å²) >= 11 is 1.83. The average molecular weight is 424 g/mol. The van der Waals surface area contributed by atoms with Gasteiger partial charge in [-0.2, -0.15) is 0 Å². The topological polar surface area (TPSA) is 43.9 Å². The van der Waals surface area contributed by atoms with Crippen LogP contribution in [-0.4, -0.2) is 65.8 Å². The Bertz CT molecular complexity index is 943. The fourth-order valence-electron chi connectivity index (χ4n) is 4.83. The van der Waals surface area contributed by atoms with Crippen molar-refractivity contribution in [3.8, 4) is 0 Å². The molecule has 6 heteroatoms. The molecule has 5 nitrogen and oxygen atoms in total. The second-order valence-corrected chi connectivity index (χ2v) is 9.76. The Labute approximate surface area is 182 Å². The van der Waals surface area contributed by atoms with E-state index in [-0.39, 0.29) is 17.9 Å². The SMILES string of the molecule is Cc1ccccc1[C@H]1c2ccsc2CCN1CC(=O)N1CCN(C(=O)C2CC2)CC1. The molecule has 3 aliphatic rings.